The molecule has 1 saturated heterocycles. The molecule has 110 valence electrons. The number of piperidine rings is 1. The summed E-state index contributed by atoms with van der Waals surface area (Å²) in [5, 5.41) is 3.51. The van der Waals surface area contributed by atoms with Gasteiger partial charge in [-0.2, -0.15) is 0 Å². The molecule has 1 amide bonds. The standard InChI is InChI=1S/C16H24N2OS/c1-18(11-13-7-4-5-9-17-13)16(19)15-10-12-6-2-3-8-14(12)20-15/h10,13,17H,2-9,11H2,1H3. The van der Waals surface area contributed by atoms with E-state index in [0.717, 1.165) is 24.4 Å². The highest BCUT2D eigenvalue weighted by Gasteiger charge is 2.22. The molecular weight excluding hydrogens is 268 g/mol. The van der Waals surface area contributed by atoms with Gasteiger partial charge < -0.3 is 10.2 Å². The minimum absolute atomic E-state index is 0.205. The summed E-state index contributed by atoms with van der Waals surface area (Å²) in [6, 6.07) is 2.62. The number of carbonyl (C=O) groups excluding carboxylic acids is 1. The molecule has 1 atom stereocenters. The molecule has 3 rings (SSSR count). The molecule has 1 aliphatic heterocycles. The van der Waals surface area contributed by atoms with Crippen LogP contribution in [0.4, 0.5) is 0 Å². The summed E-state index contributed by atoms with van der Waals surface area (Å²) in [5.41, 5.74) is 1.42. The van der Waals surface area contributed by atoms with Crippen LogP contribution in [0.3, 0.4) is 0 Å². The first-order chi connectivity index (χ1) is 9.74. The number of fused-ring (bicyclic) bond motifs is 1. The molecule has 1 aromatic heterocycles. The highest BCUT2D eigenvalue weighted by molar-refractivity contribution is 7.14. The van der Waals surface area contributed by atoms with E-state index in [-0.39, 0.29) is 5.91 Å². The lowest BCUT2D eigenvalue weighted by Crippen LogP contribution is -2.44. The number of likely N-dealkylation sites (N-methyl/N-ethyl adjacent to an activating group) is 1. The van der Waals surface area contributed by atoms with Gasteiger partial charge >= 0.3 is 0 Å². The molecule has 2 heterocycles. The third-order valence-corrected chi connectivity index (χ3v) is 5.69. The predicted molar refractivity (Wildman–Crippen MR) is 83.6 cm³/mol. The second kappa shape index (κ2) is 6.27. The Labute approximate surface area is 125 Å². The van der Waals surface area contributed by atoms with Crippen molar-refractivity contribution in [1.82, 2.24) is 10.2 Å². The van der Waals surface area contributed by atoms with Crippen molar-refractivity contribution in [3.63, 3.8) is 0 Å². The van der Waals surface area contributed by atoms with Gasteiger partial charge in [0.15, 0.2) is 0 Å². The number of nitrogens with one attached hydrogen (secondary N) is 1. The molecule has 1 unspecified atom stereocenters. The summed E-state index contributed by atoms with van der Waals surface area (Å²) >= 11 is 1.72. The Bertz CT molecular complexity index is 453. The normalized spacial score (nSPS) is 22.4. The van der Waals surface area contributed by atoms with Crippen LogP contribution in [0.1, 0.15) is 52.2 Å². The summed E-state index contributed by atoms with van der Waals surface area (Å²) in [6.07, 6.45) is 8.63. The quantitative estimate of drug-likeness (QED) is 0.929. The molecule has 20 heavy (non-hydrogen) atoms. The number of aryl methyl sites for hydroxylation is 2. The van der Waals surface area contributed by atoms with Gasteiger partial charge in [-0.15, -0.1) is 11.3 Å². The molecule has 4 heteroatoms. The molecule has 1 aliphatic carbocycles. The van der Waals surface area contributed by atoms with Gasteiger partial charge in [-0.25, -0.2) is 0 Å². The van der Waals surface area contributed by atoms with E-state index in [0.29, 0.717) is 6.04 Å². The minimum atomic E-state index is 0.205. The van der Waals surface area contributed by atoms with E-state index >= 15 is 0 Å². The lowest BCUT2D eigenvalue weighted by molar-refractivity contribution is 0.0780. The fourth-order valence-electron chi connectivity index (χ4n) is 3.28. The fraction of sp³-hybridized carbons (Fsp3) is 0.688. The molecule has 0 spiro atoms. The molecule has 0 aromatic carbocycles. The largest absolute Gasteiger partial charge is 0.339 e. The van der Waals surface area contributed by atoms with E-state index in [1.165, 1.54) is 49.0 Å². The van der Waals surface area contributed by atoms with Gasteiger partial charge in [0, 0.05) is 24.5 Å². The lowest BCUT2D eigenvalue weighted by atomic mass is 9.99. The second-order valence-electron chi connectivity index (χ2n) is 6.10. The number of carbonyl (C=O) groups is 1. The zero-order chi connectivity index (χ0) is 13.9. The summed E-state index contributed by atoms with van der Waals surface area (Å²) in [5.74, 6) is 0.205. The molecular formula is C16H24N2OS. The van der Waals surface area contributed by atoms with Crippen LogP contribution < -0.4 is 5.32 Å². The van der Waals surface area contributed by atoms with Gasteiger partial charge in [0.1, 0.15) is 0 Å². The number of hydrogen-bond donors (Lipinski definition) is 1. The number of nitrogens with zero attached hydrogens (tertiary/aromatic N) is 1. The maximum Gasteiger partial charge on any atom is 0.263 e. The van der Waals surface area contributed by atoms with Crippen molar-refractivity contribution in [3.8, 4) is 0 Å². The fourth-order valence-corrected chi connectivity index (χ4v) is 4.53. The van der Waals surface area contributed by atoms with Gasteiger partial charge in [-0.3, -0.25) is 4.79 Å². The van der Waals surface area contributed by atoms with Crippen LogP contribution in [-0.2, 0) is 12.8 Å². The Balaban J connectivity index is 1.63. The van der Waals surface area contributed by atoms with Crippen LogP contribution in [0.5, 0.6) is 0 Å². The van der Waals surface area contributed by atoms with E-state index < -0.39 is 0 Å². The third kappa shape index (κ3) is 3.07. The molecule has 1 fully saturated rings. The smallest absolute Gasteiger partial charge is 0.263 e. The summed E-state index contributed by atoms with van der Waals surface area (Å²) in [7, 11) is 1.94. The second-order valence-corrected chi connectivity index (χ2v) is 7.24. The van der Waals surface area contributed by atoms with Crippen molar-refractivity contribution >= 4 is 17.2 Å². The number of thiophene rings is 1. The van der Waals surface area contributed by atoms with E-state index in [4.69, 9.17) is 0 Å². The van der Waals surface area contributed by atoms with Crippen LogP contribution in [0, 0.1) is 0 Å². The average molecular weight is 292 g/mol. The zero-order valence-corrected chi connectivity index (χ0v) is 13.1. The van der Waals surface area contributed by atoms with Crippen molar-refractivity contribution in [2.75, 3.05) is 20.1 Å². The van der Waals surface area contributed by atoms with Gasteiger partial charge in [-0.1, -0.05) is 6.42 Å². The first-order valence-electron chi connectivity index (χ1n) is 7.84. The predicted octanol–water partition coefficient (Wildman–Crippen LogP) is 2.84. The first kappa shape index (κ1) is 14.1. The van der Waals surface area contributed by atoms with E-state index in [1.807, 2.05) is 11.9 Å². The van der Waals surface area contributed by atoms with Crippen LogP contribution in [0.2, 0.25) is 0 Å². The molecule has 1 N–H and O–H groups in total. The van der Waals surface area contributed by atoms with Crippen molar-refractivity contribution in [1.29, 1.82) is 0 Å². The summed E-state index contributed by atoms with van der Waals surface area (Å²) in [6.45, 7) is 1.93. The molecule has 0 saturated carbocycles. The Morgan fingerprint density at radius 3 is 2.95 bits per heavy atom. The van der Waals surface area contributed by atoms with Crippen molar-refractivity contribution in [2.45, 2.75) is 51.0 Å². The topological polar surface area (TPSA) is 32.3 Å². The van der Waals surface area contributed by atoms with Crippen LogP contribution >= 0.6 is 11.3 Å². The van der Waals surface area contributed by atoms with Gasteiger partial charge in [-0.05, 0) is 56.7 Å². The number of amides is 1. The average Bonchev–Trinajstić information content (AvgIpc) is 2.91. The third-order valence-electron chi connectivity index (χ3n) is 4.46. The van der Waals surface area contributed by atoms with Crippen LogP contribution in [0.15, 0.2) is 6.07 Å². The summed E-state index contributed by atoms with van der Waals surface area (Å²) in [4.78, 5) is 16.8. The SMILES string of the molecule is CN(CC1CCCCN1)C(=O)c1cc2c(s1)CCCC2. The van der Waals surface area contributed by atoms with Gasteiger partial charge in [0.25, 0.3) is 5.91 Å². The highest BCUT2D eigenvalue weighted by Crippen LogP contribution is 2.30. The molecule has 1 aromatic rings. The van der Waals surface area contributed by atoms with Crippen molar-refractivity contribution < 1.29 is 4.79 Å². The Morgan fingerprint density at radius 1 is 1.35 bits per heavy atom. The molecule has 0 bridgehead atoms. The van der Waals surface area contributed by atoms with E-state index in [1.54, 1.807) is 11.3 Å². The minimum Gasteiger partial charge on any atom is -0.339 e. The lowest BCUT2D eigenvalue weighted by Gasteiger charge is -2.28. The maximum absolute atomic E-state index is 12.5. The van der Waals surface area contributed by atoms with Gasteiger partial charge in [0.05, 0.1) is 4.88 Å². The van der Waals surface area contributed by atoms with E-state index in [2.05, 4.69) is 11.4 Å². The Hall–Kier alpha value is -0.870. The first-order valence-corrected chi connectivity index (χ1v) is 8.66. The van der Waals surface area contributed by atoms with E-state index in [9.17, 15) is 4.79 Å². The molecule has 0 radical (unpaired) electrons. The van der Waals surface area contributed by atoms with Gasteiger partial charge in [0.2, 0.25) is 0 Å². The number of hydrogen-bond acceptors (Lipinski definition) is 3. The molecule has 2 aliphatic rings. The Morgan fingerprint density at radius 2 is 2.20 bits per heavy atom. The zero-order valence-electron chi connectivity index (χ0n) is 12.3. The monoisotopic (exact) mass is 292 g/mol. The van der Waals surface area contributed by atoms with Crippen molar-refractivity contribution in [2.24, 2.45) is 0 Å². The van der Waals surface area contributed by atoms with Crippen LogP contribution in [-0.4, -0.2) is 37.0 Å². The van der Waals surface area contributed by atoms with Crippen molar-refractivity contribution in [3.05, 3.63) is 21.4 Å². The van der Waals surface area contributed by atoms with Crippen LogP contribution in [0.25, 0.3) is 0 Å². The number of rotatable bonds is 3. The Kier molecular flexibility index (Phi) is 4.41. The highest BCUT2D eigenvalue weighted by atomic mass is 32.1. The molecule has 3 nitrogen and oxygen atoms in total. The maximum atomic E-state index is 12.5. The summed E-state index contributed by atoms with van der Waals surface area (Å²) < 4.78 is 0.